The van der Waals surface area contributed by atoms with Crippen LogP contribution in [-0.4, -0.2) is 63.6 Å². The first-order valence-corrected chi connectivity index (χ1v) is 15.1. The fourth-order valence-corrected chi connectivity index (χ4v) is 6.75. The standard InChI is InChI=1S/C29H26ClN7O4S/c1-20-27-28(34-14-16-35(17-15-34)42(40,41)23-12-13-24(30)25(19-23)37(38)39)31-26(18-21-8-4-2-5-9-21)32-29(27)36(33-20)22-10-6-3-7-11-22/h2-13,19H,14-18H2,1H3. The molecule has 1 aliphatic rings. The van der Waals surface area contributed by atoms with Crippen LogP contribution in [0.4, 0.5) is 11.5 Å². The van der Waals surface area contributed by atoms with E-state index in [1.807, 2.05) is 72.3 Å². The summed E-state index contributed by atoms with van der Waals surface area (Å²) in [7, 11) is -3.98. The van der Waals surface area contributed by atoms with E-state index in [4.69, 9.17) is 26.7 Å². The molecular formula is C29H26ClN7O4S. The Bertz CT molecular complexity index is 1890. The summed E-state index contributed by atoms with van der Waals surface area (Å²) in [4.78, 5) is 22.4. The van der Waals surface area contributed by atoms with Crippen LogP contribution >= 0.6 is 11.6 Å². The zero-order valence-electron chi connectivity index (χ0n) is 22.6. The lowest BCUT2D eigenvalue weighted by atomic mass is 10.1. The van der Waals surface area contributed by atoms with Crippen LogP contribution in [0.15, 0.2) is 83.8 Å². The van der Waals surface area contributed by atoms with Gasteiger partial charge < -0.3 is 4.90 Å². The van der Waals surface area contributed by atoms with E-state index in [-0.39, 0.29) is 23.0 Å². The lowest BCUT2D eigenvalue weighted by Crippen LogP contribution is -2.49. The zero-order chi connectivity index (χ0) is 29.4. The average Bonchev–Trinajstić information content (AvgIpc) is 3.33. The quantitative estimate of drug-likeness (QED) is 0.192. The number of anilines is 1. The Labute approximate surface area is 247 Å². The maximum absolute atomic E-state index is 13.4. The molecule has 13 heteroatoms. The maximum Gasteiger partial charge on any atom is 0.289 e. The molecule has 0 spiro atoms. The summed E-state index contributed by atoms with van der Waals surface area (Å²) in [5.41, 5.74) is 2.94. The Morgan fingerprint density at radius 3 is 2.26 bits per heavy atom. The number of hydrogen-bond donors (Lipinski definition) is 0. The van der Waals surface area contributed by atoms with Crippen LogP contribution in [0.25, 0.3) is 16.7 Å². The number of nitrogens with zero attached hydrogens (tertiary/aromatic N) is 7. The monoisotopic (exact) mass is 603 g/mol. The smallest absolute Gasteiger partial charge is 0.289 e. The second-order valence-corrected chi connectivity index (χ2v) is 12.3. The van der Waals surface area contributed by atoms with Crippen LogP contribution in [0.2, 0.25) is 5.02 Å². The number of sulfonamides is 1. The third kappa shape index (κ3) is 5.20. The summed E-state index contributed by atoms with van der Waals surface area (Å²) in [6, 6.07) is 23.3. The Morgan fingerprint density at radius 2 is 1.60 bits per heavy atom. The highest BCUT2D eigenvalue weighted by molar-refractivity contribution is 7.89. The van der Waals surface area contributed by atoms with Crippen LogP contribution < -0.4 is 4.90 Å². The molecule has 42 heavy (non-hydrogen) atoms. The minimum absolute atomic E-state index is 0.116. The van der Waals surface area contributed by atoms with E-state index < -0.39 is 20.6 Å². The number of piperazine rings is 1. The van der Waals surface area contributed by atoms with Crippen molar-refractivity contribution < 1.29 is 13.3 Å². The molecule has 3 aromatic carbocycles. The highest BCUT2D eigenvalue weighted by atomic mass is 35.5. The third-order valence-electron chi connectivity index (χ3n) is 7.23. The van der Waals surface area contributed by atoms with Gasteiger partial charge >= 0.3 is 0 Å². The van der Waals surface area contributed by atoms with Crippen molar-refractivity contribution in [3.05, 3.63) is 111 Å². The molecule has 1 aliphatic heterocycles. The first-order valence-electron chi connectivity index (χ1n) is 13.3. The number of halogens is 1. The molecule has 1 saturated heterocycles. The van der Waals surface area contributed by atoms with Crippen LogP contribution in [0.3, 0.4) is 0 Å². The summed E-state index contributed by atoms with van der Waals surface area (Å²) in [5, 5.41) is 16.8. The second kappa shape index (κ2) is 11.1. The number of para-hydroxylation sites is 1. The van der Waals surface area contributed by atoms with Crippen molar-refractivity contribution in [3.63, 3.8) is 0 Å². The Morgan fingerprint density at radius 1 is 0.929 bits per heavy atom. The van der Waals surface area contributed by atoms with Crippen molar-refractivity contribution >= 4 is 44.2 Å². The molecular weight excluding hydrogens is 578 g/mol. The van der Waals surface area contributed by atoms with Gasteiger partial charge in [-0.1, -0.05) is 60.1 Å². The number of nitro groups is 1. The Balaban J connectivity index is 1.35. The maximum atomic E-state index is 13.4. The molecule has 0 aliphatic carbocycles. The minimum Gasteiger partial charge on any atom is -0.353 e. The van der Waals surface area contributed by atoms with Gasteiger partial charge in [0.2, 0.25) is 10.0 Å². The van der Waals surface area contributed by atoms with Gasteiger partial charge in [-0.05, 0) is 36.8 Å². The van der Waals surface area contributed by atoms with Crippen molar-refractivity contribution in [2.45, 2.75) is 18.2 Å². The van der Waals surface area contributed by atoms with E-state index in [1.165, 1.54) is 16.4 Å². The number of aromatic nitrogens is 4. The predicted molar refractivity (Wildman–Crippen MR) is 160 cm³/mol. The van der Waals surface area contributed by atoms with E-state index in [2.05, 4.69) is 4.90 Å². The highest BCUT2D eigenvalue weighted by Gasteiger charge is 2.32. The molecule has 3 heterocycles. The molecule has 5 aromatic rings. The normalized spacial score (nSPS) is 14.4. The molecule has 0 unspecified atom stereocenters. The third-order valence-corrected chi connectivity index (χ3v) is 9.44. The molecule has 0 radical (unpaired) electrons. The van der Waals surface area contributed by atoms with Gasteiger partial charge in [-0.15, -0.1) is 0 Å². The van der Waals surface area contributed by atoms with E-state index in [0.29, 0.717) is 36.8 Å². The molecule has 1 fully saturated rings. The van der Waals surface area contributed by atoms with E-state index in [9.17, 15) is 18.5 Å². The number of hydrogen-bond acceptors (Lipinski definition) is 8. The molecule has 214 valence electrons. The highest BCUT2D eigenvalue weighted by Crippen LogP contribution is 2.32. The van der Waals surface area contributed by atoms with Crippen molar-refractivity contribution in [1.29, 1.82) is 0 Å². The summed E-state index contributed by atoms with van der Waals surface area (Å²) in [6.07, 6.45) is 0.520. The molecule has 0 saturated carbocycles. The molecule has 6 rings (SSSR count). The SMILES string of the molecule is Cc1nn(-c2ccccc2)c2nc(Cc3ccccc3)nc(N3CCN(S(=O)(=O)c4ccc(Cl)c([N+](=O)[O-])c4)CC3)c12. The van der Waals surface area contributed by atoms with Gasteiger partial charge in [-0.3, -0.25) is 10.1 Å². The van der Waals surface area contributed by atoms with Crippen LogP contribution in [-0.2, 0) is 16.4 Å². The van der Waals surface area contributed by atoms with E-state index >= 15 is 0 Å². The van der Waals surface area contributed by atoms with Gasteiger partial charge in [-0.25, -0.2) is 23.1 Å². The number of benzene rings is 3. The summed E-state index contributed by atoms with van der Waals surface area (Å²) < 4.78 is 30.0. The summed E-state index contributed by atoms with van der Waals surface area (Å²) in [5.74, 6) is 1.33. The van der Waals surface area contributed by atoms with E-state index in [0.717, 1.165) is 28.4 Å². The van der Waals surface area contributed by atoms with Gasteiger partial charge in [-0.2, -0.15) is 9.40 Å². The molecule has 0 bridgehead atoms. The van der Waals surface area contributed by atoms with Crippen molar-refractivity contribution in [2.75, 3.05) is 31.1 Å². The predicted octanol–water partition coefficient (Wildman–Crippen LogP) is 4.79. The van der Waals surface area contributed by atoms with Gasteiger partial charge in [0.05, 0.1) is 26.6 Å². The topological polar surface area (TPSA) is 127 Å². The Kier molecular flexibility index (Phi) is 7.35. The fourth-order valence-electron chi connectivity index (χ4n) is 5.12. The van der Waals surface area contributed by atoms with Gasteiger partial charge in [0.1, 0.15) is 16.7 Å². The van der Waals surface area contributed by atoms with Crippen molar-refractivity contribution in [1.82, 2.24) is 24.1 Å². The number of fused-ring (bicyclic) bond motifs is 1. The fraction of sp³-hybridized carbons (Fsp3) is 0.207. The molecule has 0 amide bonds. The lowest BCUT2D eigenvalue weighted by molar-refractivity contribution is -0.384. The first kappa shape index (κ1) is 27.8. The van der Waals surface area contributed by atoms with Crippen molar-refractivity contribution in [3.8, 4) is 5.69 Å². The summed E-state index contributed by atoms with van der Waals surface area (Å²) >= 11 is 5.90. The lowest BCUT2D eigenvalue weighted by Gasteiger charge is -2.35. The zero-order valence-corrected chi connectivity index (χ0v) is 24.2. The van der Waals surface area contributed by atoms with Gasteiger partial charge in [0, 0.05) is 38.7 Å². The number of nitro benzene ring substituents is 1. The number of aryl methyl sites for hydroxylation is 1. The number of rotatable bonds is 7. The van der Waals surface area contributed by atoms with Crippen LogP contribution in [0.1, 0.15) is 17.1 Å². The van der Waals surface area contributed by atoms with Crippen molar-refractivity contribution in [2.24, 2.45) is 0 Å². The van der Waals surface area contributed by atoms with Crippen LogP contribution in [0.5, 0.6) is 0 Å². The van der Waals surface area contributed by atoms with Crippen LogP contribution in [0, 0.1) is 17.0 Å². The minimum atomic E-state index is -3.98. The second-order valence-electron chi connectivity index (χ2n) is 9.92. The van der Waals surface area contributed by atoms with E-state index in [1.54, 1.807) is 0 Å². The first-order chi connectivity index (χ1) is 20.2. The largest absolute Gasteiger partial charge is 0.353 e. The van der Waals surface area contributed by atoms with Gasteiger partial charge in [0.25, 0.3) is 5.69 Å². The molecule has 0 atom stereocenters. The molecule has 2 aromatic heterocycles. The molecule has 11 nitrogen and oxygen atoms in total. The summed E-state index contributed by atoms with van der Waals surface area (Å²) in [6.45, 7) is 2.98. The molecule has 0 N–H and O–H groups in total. The average molecular weight is 604 g/mol. The van der Waals surface area contributed by atoms with Gasteiger partial charge in [0.15, 0.2) is 5.65 Å². The Hall–Kier alpha value is -4.39.